The van der Waals surface area contributed by atoms with E-state index >= 15 is 0 Å². The molecule has 0 aromatic rings. The Bertz CT molecular complexity index is 554. The molecule has 118 valence electrons. The van der Waals surface area contributed by atoms with Crippen LogP contribution in [0.4, 0.5) is 0 Å². The van der Waals surface area contributed by atoms with Crippen LogP contribution in [0.15, 0.2) is 0 Å². The highest BCUT2D eigenvalue weighted by Gasteiger charge is 2.33. The van der Waals surface area contributed by atoms with E-state index in [4.69, 9.17) is 0 Å². The Morgan fingerprint density at radius 1 is 0.950 bits per heavy atom. The van der Waals surface area contributed by atoms with Gasteiger partial charge in [0, 0.05) is 24.2 Å². The van der Waals surface area contributed by atoms with Crippen LogP contribution in [0.3, 0.4) is 0 Å². The molecule has 0 saturated carbocycles. The number of hydrogen-bond acceptors (Lipinski definition) is 6. The molecule has 2 aliphatic rings. The van der Waals surface area contributed by atoms with Gasteiger partial charge >= 0.3 is 0 Å². The molecule has 2 heterocycles. The van der Waals surface area contributed by atoms with Gasteiger partial charge in [-0.2, -0.15) is 0 Å². The predicted octanol–water partition coefficient (Wildman–Crippen LogP) is -0.682. The molecule has 6 nitrogen and oxygen atoms in total. The van der Waals surface area contributed by atoms with E-state index in [1.807, 2.05) is 13.8 Å². The van der Waals surface area contributed by atoms with E-state index in [0.29, 0.717) is 19.4 Å². The van der Waals surface area contributed by atoms with Crippen LogP contribution in [-0.2, 0) is 19.7 Å². The first-order chi connectivity index (χ1) is 9.07. The third-order valence-electron chi connectivity index (χ3n) is 3.89. The zero-order chi connectivity index (χ0) is 15.0. The summed E-state index contributed by atoms with van der Waals surface area (Å²) in [6.07, 6.45) is 1.32. The largest absolute Gasteiger partial charge is 0.311 e. The fourth-order valence-electron chi connectivity index (χ4n) is 2.87. The van der Waals surface area contributed by atoms with Crippen molar-refractivity contribution in [2.75, 3.05) is 29.6 Å². The van der Waals surface area contributed by atoms with E-state index in [9.17, 15) is 16.8 Å². The zero-order valence-corrected chi connectivity index (χ0v) is 13.7. The lowest BCUT2D eigenvalue weighted by atomic mass is 10.0. The molecule has 0 aromatic heterocycles. The monoisotopic (exact) mass is 324 g/mol. The Morgan fingerprint density at radius 3 is 1.90 bits per heavy atom. The lowest BCUT2D eigenvalue weighted by Gasteiger charge is -2.31. The minimum Gasteiger partial charge on any atom is -0.311 e. The normalized spacial score (nSPS) is 32.5. The second kappa shape index (κ2) is 5.55. The second-order valence-electron chi connectivity index (χ2n) is 6.61. The third kappa shape index (κ3) is 4.68. The summed E-state index contributed by atoms with van der Waals surface area (Å²) < 4.78 is 45.7. The Labute approximate surface area is 121 Å². The van der Waals surface area contributed by atoms with Crippen LogP contribution in [0.5, 0.6) is 0 Å². The lowest BCUT2D eigenvalue weighted by Crippen LogP contribution is -2.54. The van der Waals surface area contributed by atoms with Crippen LogP contribution in [0.25, 0.3) is 0 Å². The molecule has 2 atom stereocenters. The highest BCUT2D eigenvalue weighted by molar-refractivity contribution is 7.91. The maximum atomic E-state index is 11.4. The lowest BCUT2D eigenvalue weighted by molar-refractivity contribution is 0.318. The Morgan fingerprint density at radius 2 is 1.45 bits per heavy atom. The maximum absolute atomic E-state index is 11.4. The summed E-state index contributed by atoms with van der Waals surface area (Å²) in [5, 5.41) is 6.65. The summed E-state index contributed by atoms with van der Waals surface area (Å²) >= 11 is 0. The summed E-state index contributed by atoms with van der Waals surface area (Å²) in [4.78, 5) is 0. The molecular formula is C12H24N2O4S2. The molecule has 2 aliphatic heterocycles. The summed E-state index contributed by atoms with van der Waals surface area (Å²) in [5.41, 5.74) is -0.253. The molecule has 0 radical (unpaired) electrons. The molecule has 2 N–H and O–H groups in total. The van der Waals surface area contributed by atoms with Crippen LogP contribution < -0.4 is 10.6 Å². The average Bonchev–Trinajstić information content (AvgIpc) is 2.78. The van der Waals surface area contributed by atoms with E-state index in [-0.39, 0.29) is 40.6 Å². The molecule has 0 bridgehead atoms. The van der Waals surface area contributed by atoms with Gasteiger partial charge in [-0.05, 0) is 26.7 Å². The highest BCUT2D eigenvalue weighted by Crippen LogP contribution is 2.16. The first-order valence-electron chi connectivity index (χ1n) is 6.99. The molecular weight excluding hydrogens is 300 g/mol. The predicted molar refractivity (Wildman–Crippen MR) is 79.3 cm³/mol. The van der Waals surface area contributed by atoms with Gasteiger partial charge in [-0.15, -0.1) is 0 Å². The van der Waals surface area contributed by atoms with E-state index in [1.165, 1.54) is 0 Å². The number of nitrogens with one attached hydrogen (secondary N) is 2. The van der Waals surface area contributed by atoms with Crippen LogP contribution in [0, 0.1) is 0 Å². The van der Waals surface area contributed by atoms with Gasteiger partial charge < -0.3 is 10.6 Å². The maximum Gasteiger partial charge on any atom is 0.151 e. The topological polar surface area (TPSA) is 92.3 Å². The van der Waals surface area contributed by atoms with Gasteiger partial charge in [0.15, 0.2) is 19.7 Å². The van der Waals surface area contributed by atoms with Gasteiger partial charge in [-0.1, -0.05) is 0 Å². The number of hydrogen-bond donors (Lipinski definition) is 2. The third-order valence-corrected chi connectivity index (χ3v) is 7.43. The molecule has 2 fully saturated rings. The first kappa shape index (κ1) is 16.2. The molecule has 0 aliphatic carbocycles. The van der Waals surface area contributed by atoms with Crippen molar-refractivity contribution in [3.8, 4) is 0 Å². The van der Waals surface area contributed by atoms with Gasteiger partial charge in [-0.25, -0.2) is 16.8 Å². The van der Waals surface area contributed by atoms with Crippen molar-refractivity contribution >= 4 is 19.7 Å². The Balaban J connectivity index is 1.80. The van der Waals surface area contributed by atoms with Crippen molar-refractivity contribution in [3.05, 3.63) is 0 Å². The van der Waals surface area contributed by atoms with Gasteiger partial charge in [0.1, 0.15) is 0 Å². The zero-order valence-electron chi connectivity index (χ0n) is 12.1. The van der Waals surface area contributed by atoms with Crippen molar-refractivity contribution in [1.29, 1.82) is 0 Å². The summed E-state index contributed by atoms with van der Waals surface area (Å²) in [7, 11) is -5.74. The highest BCUT2D eigenvalue weighted by atomic mass is 32.2. The van der Waals surface area contributed by atoms with Gasteiger partial charge in [-0.3, -0.25) is 0 Å². The Hall–Kier alpha value is -0.180. The molecule has 8 heteroatoms. The standard InChI is InChI=1S/C12H24N2O4S2/c1-12(2,14-11-4-6-20(17,18)8-11)9-13-10-3-5-19(15,16)7-10/h10-11,13-14H,3-9H2,1-2H3. The van der Waals surface area contributed by atoms with Gasteiger partial charge in [0.2, 0.25) is 0 Å². The van der Waals surface area contributed by atoms with Crippen LogP contribution >= 0.6 is 0 Å². The summed E-state index contributed by atoms with van der Waals surface area (Å²) in [6, 6.07) is 0.0255. The van der Waals surface area contributed by atoms with Crippen molar-refractivity contribution < 1.29 is 16.8 Å². The van der Waals surface area contributed by atoms with Crippen molar-refractivity contribution in [2.24, 2.45) is 0 Å². The van der Waals surface area contributed by atoms with E-state index in [2.05, 4.69) is 10.6 Å². The summed E-state index contributed by atoms with van der Waals surface area (Å²) in [5.74, 6) is 0.934. The number of sulfone groups is 2. The minimum absolute atomic E-state index is 0.00381. The van der Waals surface area contributed by atoms with Crippen LogP contribution in [0.2, 0.25) is 0 Å². The van der Waals surface area contributed by atoms with E-state index in [1.54, 1.807) is 0 Å². The molecule has 2 unspecified atom stereocenters. The van der Waals surface area contributed by atoms with E-state index in [0.717, 1.165) is 0 Å². The molecule has 0 amide bonds. The fourth-order valence-corrected chi connectivity index (χ4v) is 6.25. The summed E-state index contributed by atoms with van der Waals surface area (Å²) in [6.45, 7) is 4.65. The van der Waals surface area contributed by atoms with Gasteiger partial charge in [0.25, 0.3) is 0 Å². The van der Waals surface area contributed by atoms with Gasteiger partial charge in [0.05, 0.1) is 23.0 Å². The van der Waals surface area contributed by atoms with Crippen molar-refractivity contribution in [3.63, 3.8) is 0 Å². The van der Waals surface area contributed by atoms with Crippen LogP contribution in [0.1, 0.15) is 26.7 Å². The van der Waals surface area contributed by atoms with Crippen molar-refractivity contribution in [2.45, 2.75) is 44.3 Å². The Kier molecular flexibility index (Phi) is 4.49. The second-order valence-corrected chi connectivity index (χ2v) is 11.1. The molecule has 20 heavy (non-hydrogen) atoms. The van der Waals surface area contributed by atoms with Crippen molar-refractivity contribution in [1.82, 2.24) is 10.6 Å². The quantitative estimate of drug-likeness (QED) is 0.696. The van der Waals surface area contributed by atoms with E-state index < -0.39 is 19.7 Å². The molecule has 0 aromatic carbocycles. The van der Waals surface area contributed by atoms with Crippen LogP contribution in [-0.4, -0.2) is 64.0 Å². The first-order valence-corrected chi connectivity index (χ1v) is 10.6. The molecule has 2 saturated heterocycles. The molecule has 2 rings (SSSR count). The number of rotatable bonds is 5. The smallest absolute Gasteiger partial charge is 0.151 e. The fraction of sp³-hybridized carbons (Fsp3) is 1.00. The SMILES string of the molecule is CC(C)(CNC1CCS(=O)(=O)C1)NC1CCS(=O)(=O)C1. The average molecular weight is 324 g/mol. The molecule has 0 spiro atoms. The minimum atomic E-state index is -2.88.